The molecule has 0 amide bonds. The first-order valence-corrected chi connectivity index (χ1v) is 8.72. The number of hydrogen-bond acceptors (Lipinski definition) is 5. The van der Waals surface area contributed by atoms with Gasteiger partial charge in [-0.05, 0) is 26.3 Å². The number of guanidine groups is 1. The third kappa shape index (κ3) is 8.31. The lowest BCUT2D eigenvalue weighted by Crippen LogP contribution is -2.41. The molecular formula is C17H33N5O2. The quantitative estimate of drug-likeness (QED) is 0.364. The summed E-state index contributed by atoms with van der Waals surface area (Å²) in [6.07, 6.45) is 1.05. The molecule has 0 bridgehead atoms. The second-order valence-corrected chi connectivity index (χ2v) is 6.14. The number of rotatable bonds is 11. The molecule has 1 aromatic heterocycles. The molecule has 138 valence electrons. The molecule has 0 fully saturated rings. The molecule has 0 radical (unpaired) electrons. The molecule has 0 aliphatic carbocycles. The Kier molecular flexibility index (Phi) is 10.1. The fourth-order valence-corrected chi connectivity index (χ4v) is 2.13. The van der Waals surface area contributed by atoms with Crippen molar-refractivity contribution in [2.24, 2.45) is 4.99 Å². The van der Waals surface area contributed by atoms with E-state index in [0.717, 1.165) is 56.6 Å². The highest BCUT2D eigenvalue weighted by Crippen LogP contribution is 2.14. The van der Waals surface area contributed by atoms with Crippen LogP contribution in [0.3, 0.4) is 0 Å². The molecule has 0 saturated carbocycles. The Hall–Kier alpha value is -1.60. The SMILES string of the molecule is CCNC(=NCc1cc(C(C)C)no1)NCCN(C)CCCOC. The topological polar surface area (TPSA) is 74.9 Å². The van der Waals surface area contributed by atoms with Crippen molar-refractivity contribution in [2.45, 2.75) is 39.7 Å². The molecule has 0 unspecified atom stereocenters. The summed E-state index contributed by atoms with van der Waals surface area (Å²) in [7, 11) is 3.85. The van der Waals surface area contributed by atoms with Crippen LogP contribution in [0.15, 0.2) is 15.6 Å². The Morgan fingerprint density at radius 1 is 1.38 bits per heavy atom. The average Bonchev–Trinajstić information content (AvgIpc) is 3.02. The van der Waals surface area contributed by atoms with Crippen LogP contribution in [0.25, 0.3) is 0 Å². The molecule has 0 aliphatic rings. The van der Waals surface area contributed by atoms with Gasteiger partial charge < -0.3 is 24.8 Å². The number of nitrogens with one attached hydrogen (secondary N) is 2. The third-order valence-corrected chi connectivity index (χ3v) is 3.58. The number of hydrogen-bond donors (Lipinski definition) is 2. The highest BCUT2D eigenvalue weighted by atomic mass is 16.5. The normalized spacial score (nSPS) is 12.2. The van der Waals surface area contributed by atoms with Gasteiger partial charge in [0, 0.05) is 46.0 Å². The minimum atomic E-state index is 0.367. The Morgan fingerprint density at radius 2 is 2.17 bits per heavy atom. The Labute approximate surface area is 145 Å². The van der Waals surface area contributed by atoms with E-state index in [4.69, 9.17) is 9.26 Å². The van der Waals surface area contributed by atoms with Gasteiger partial charge in [-0.2, -0.15) is 0 Å². The van der Waals surface area contributed by atoms with Crippen molar-refractivity contribution in [3.8, 4) is 0 Å². The lowest BCUT2D eigenvalue weighted by Gasteiger charge is -2.18. The van der Waals surface area contributed by atoms with E-state index in [2.05, 4.69) is 53.5 Å². The standard InChI is InChI=1S/C17H33N5O2/c1-6-18-17(19-8-10-22(4)9-7-11-23-5)20-13-15-12-16(14(2)3)21-24-15/h12,14H,6-11,13H2,1-5H3,(H2,18,19,20). The monoisotopic (exact) mass is 339 g/mol. The number of aliphatic imine (C=N–C) groups is 1. The molecule has 1 rings (SSSR count). The molecule has 7 heteroatoms. The van der Waals surface area contributed by atoms with Gasteiger partial charge >= 0.3 is 0 Å². The maximum absolute atomic E-state index is 5.32. The van der Waals surface area contributed by atoms with Gasteiger partial charge in [0.1, 0.15) is 6.54 Å². The van der Waals surface area contributed by atoms with Crippen molar-refractivity contribution in [2.75, 3.05) is 46.9 Å². The smallest absolute Gasteiger partial charge is 0.191 e. The van der Waals surface area contributed by atoms with Crippen LogP contribution in [0.4, 0.5) is 0 Å². The summed E-state index contributed by atoms with van der Waals surface area (Å²) in [5.74, 6) is 1.95. The first kappa shape index (κ1) is 20.4. The molecule has 0 aromatic carbocycles. The molecule has 0 atom stereocenters. The summed E-state index contributed by atoms with van der Waals surface area (Å²) < 4.78 is 10.4. The molecule has 0 aliphatic heterocycles. The highest BCUT2D eigenvalue weighted by Gasteiger charge is 2.07. The van der Waals surface area contributed by atoms with Gasteiger partial charge in [-0.3, -0.25) is 0 Å². The largest absolute Gasteiger partial charge is 0.385 e. The van der Waals surface area contributed by atoms with Crippen LogP contribution in [-0.4, -0.2) is 63.0 Å². The number of aromatic nitrogens is 1. The van der Waals surface area contributed by atoms with Gasteiger partial charge in [0.25, 0.3) is 0 Å². The van der Waals surface area contributed by atoms with Crippen molar-refractivity contribution in [3.63, 3.8) is 0 Å². The summed E-state index contributed by atoms with van der Waals surface area (Å²) in [5, 5.41) is 10.7. The third-order valence-electron chi connectivity index (χ3n) is 3.58. The zero-order valence-electron chi connectivity index (χ0n) is 15.8. The Morgan fingerprint density at radius 3 is 2.79 bits per heavy atom. The van der Waals surface area contributed by atoms with Crippen LogP contribution in [0, 0.1) is 0 Å². The molecule has 0 saturated heterocycles. The van der Waals surface area contributed by atoms with E-state index in [0.29, 0.717) is 12.5 Å². The van der Waals surface area contributed by atoms with E-state index < -0.39 is 0 Å². The average molecular weight is 339 g/mol. The Balaban J connectivity index is 2.39. The number of nitrogens with zero attached hydrogens (tertiary/aromatic N) is 3. The number of methoxy groups -OCH3 is 1. The maximum Gasteiger partial charge on any atom is 0.191 e. The van der Waals surface area contributed by atoms with Gasteiger partial charge in [-0.25, -0.2) is 4.99 Å². The molecule has 1 heterocycles. The van der Waals surface area contributed by atoms with Crippen molar-refractivity contribution in [1.29, 1.82) is 0 Å². The molecule has 24 heavy (non-hydrogen) atoms. The van der Waals surface area contributed by atoms with E-state index in [-0.39, 0.29) is 0 Å². The minimum Gasteiger partial charge on any atom is -0.385 e. The van der Waals surface area contributed by atoms with Crippen LogP contribution >= 0.6 is 0 Å². The predicted molar refractivity (Wildman–Crippen MR) is 97.4 cm³/mol. The van der Waals surface area contributed by atoms with E-state index >= 15 is 0 Å². The molecule has 2 N–H and O–H groups in total. The summed E-state index contributed by atoms with van der Waals surface area (Å²) in [5.41, 5.74) is 0.968. The van der Waals surface area contributed by atoms with Crippen LogP contribution in [-0.2, 0) is 11.3 Å². The van der Waals surface area contributed by atoms with Crippen molar-refractivity contribution in [1.82, 2.24) is 20.7 Å². The van der Waals surface area contributed by atoms with E-state index in [1.54, 1.807) is 7.11 Å². The summed E-state index contributed by atoms with van der Waals surface area (Å²) in [6, 6.07) is 1.97. The van der Waals surface area contributed by atoms with Crippen LogP contribution in [0.1, 0.15) is 44.6 Å². The first-order valence-electron chi connectivity index (χ1n) is 8.72. The maximum atomic E-state index is 5.32. The van der Waals surface area contributed by atoms with Crippen LogP contribution < -0.4 is 10.6 Å². The Bertz CT molecular complexity index is 473. The first-order chi connectivity index (χ1) is 11.6. The van der Waals surface area contributed by atoms with Crippen molar-refractivity contribution < 1.29 is 9.26 Å². The summed E-state index contributed by atoms with van der Waals surface area (Å²) in [6.45, 7) is 11.2. The van der Waals surface area contributed by atoms with Crippen molar-refractivity contribution >= 4 is 5.96 Å². The van der Waals surface area contributed by atoms with Gasteiger partial charge in [0.2, 0.25) is 0 Å². The molecule has 7 nitrogen and oxygen atoms in total. The van der Waals surface area contributed by atoms with Crippen LogP contribution in [0.2, 0.25) is 0 Å². The van der Waals surface area contributed by atoms with Gasteiger partial charge in [-0.15, -0.1) is 0 Å². The van der Waals surface area contributed by atoms with Gasteiger partial charge in [0.15, 0.2) is 11.7 Å². The minimum absolute atomic E-state index is 0.367. The van der Waals surface area contributed by atoms with Crippen molar-refractivity contribution in [3.05, 3.63) is 17.5 Å². The van der Waals surface area contributed by atoms with E-state index in [1.807, 2.05) is 6.07 Å². The van der Waals surface area contributed by atoms with E-state index in [1.165, 1.54) is 0 Å². The molecule has 1 aromatic rings. The lowest BCUT2D eigenvalue weighted by molar-refractivity contribution is 0.180. The zero-order valence-corrected chi connectivity index (χ0v) is 15.8. The fourth-order valence-electron chi connectivity index (χ4n) is 2.13. The van der Waals surface area contributed by atoms with Gasteiger partial charge in [0.05, 0.1) is 5.69 Å². The van der Waals surface area contributed by atoms with Crippen LogP contribution in [0.5, 0.6) is 0 Å². The van der Waals surface area contributed by atoms with E-state index in [9.17, 15) is 0 Å². The highest BCUT2D eigenvalue weighted by molar-refractivity contribution is 5.79. The van der Waals surface area contributed by atoms with Gasteiger partial charge in [-0.1, -0.05) is 19.0 Å². The summed E-state index contributed by atoms with van der Waals surface area (Å²) in [4.78, 5) is 6.83. The lowest BCUT2D eigenvalue weighted by atomic mass is 10.1. The zero-order chi connectivity index (χ0) is 17.8. The second-order valence-electron chi connectivity index (χ2n) is 6.14. The predicted octanol–water partition coefficient (Wildman–Crippen LogP) is 1.82. The second kappa shape index (κ2) is 11.9. The fraction of sp³-hybridized carbons (Fsp3) is 0.765. The number of ether oxygens (including phenoxy) is 1. The number of likely N-dealkylation sites (N-methyl/N-ethyl adjacent to an activating group) is 1. The molecule has 0 spiro atoms. The summed E-state index contributed by atoms with van der Waals surface area (Å²) >= 11 is 0. The molecular weight excluding hydrogens is 306 g/mol.